The van der Waals surface area contributed by atoms with Crippen LogP contribution in [0.4, 0.5) is 8.78 Å². The van der Waals surface area contributed by atoms with E-state index in [-0.39, 0.29) is 29.4 Å². The predicted octanol–water partition coefficient (Wildman–Crippen LogP) is 6.28. The van der Waals surface area contributed by atoms with Gasteiger partial charge in [-0.2, -0.15) is 0 Å². The van der Waals surface area contributed by atoms with Crippen LogP contribution >= 0.6 is 11.6 Å². The van der Waals surface area contributed by atoms with Crippen LogP contribution in [0.2, 0.25) is 5.02 Å². The van der Waals surface area contributed by atoms with E-state index in [1.165, 1.54) is 13.2 Å². The molecule has 5 rings (SSSR count). The number of benzene rings is 2. The summed E-state index contributed by atoms with van der Waals surface area (Å²) in [6, 6.07) is 11.1. The summed E-state index contributed by atoms with van der Waals surface area (Å²) in [6.07, 6.45) is 1.47. The van der Waals surface area contributed by atoms with E-state index in [0.29, 0.717) is 34.7 Å². The van der Waals surface area contributed by atoms with Crippen LogP contribution in [-0.2, 0) is 5.60 Å². The summed E-state index contributed by atoms with van der Waals surface area (Å²) in [7, 11) is 1.52. The van der Waals surface area contributed by atoms with Gasteiger partial charge in [-0.25, -0.2) is 18.7 Å². The van der Waals surface area contributed by atoms with E-state index in [9.17, 15) is 18.7 Å². The van der Waals surface area contributed by atoms with Crippen molar-refractivity contribution in [3.8, 4) is 22.8 Å². The van der Waals surface area contributed by atoms with Crippen molar-refractivity contribution in [1.82, 2.24) is 15.3 Å². The molecule has 0 unspecified atom stereocenters. The van der Waals surface area contributed by atoms with Gasteiger partial charge in [0.05, 0.1) is 31.0 Å². The van der Waals surface area contributed by atoms with Crippen molar-refractivity contribution in [2.75, 3.05) is 20.3 Å². The summed E-state index contributed by atoms with van der Waals surface area (Å²) < 4.78 is 39.6. The highest BCUT2D eigenvalue weighted by atomic mass is 35.5. The molecule has 2 aromatic heterocycles. The third kappa shape index (κ3) is 5.44. The summed E-state index contributed by atoms with van der Waals surface area (Å²) in [5.74, 6) is -2.05. The first-order valence-corrected chi connectivity index (χ1v) is 13.7. The molecule has 1 aliphatic rings. The van der Waals surface area contributed by atoms with Gasteiger partial charge >= 0.3 is 0 Å². The Bertz CT molecular complexity index is 1660. The second kappa shape index (κ2) is 11.2. The Hall–Kier alpha value is -3.82. The molecule has 0 saturated heterocycles. The molecular weight excluding hydrogens is 552 g/mol. The predicted molar refractivity (Wildman–Crippen MR) is 152 cm³/mol. The van der Waals surface area contributed by atoms with E-state index in [1.54, 1.807) is 32.0 Å². The Morgan fingerprint density at radius 3 is 2.59 bits per heavy atom. The van der Waals surface area contributed by atoms with Crippen LogP contribution in [-0.4, -0.2) is 41.2 Å². The topological polar surface area (TPSA) is 93.6 Å². The van der Waals surface area contributed by atoms with Crippen molar-refractivity contribution in [2.24, 2.45) is 5.92 Å². The molecule has 214 valence electrons. The largest absolute Gasteiger partial charge is 0.494 e. The smallest absolute Gasteiger partial charge is 0.251 e. The highest BCUT2D eigenvalue weighted by Gasteiger charge is 2.47. The first kappa shape index (κ1) is 28.7. The highest BCUT2D eigenvalue weighted by Crippen LogP contribution is 2.47. The number of carbonyl (C=O) groups excluding carboxylic acids is 1. The van der Waals surface area contributed by atoms with Crippen molar-refractivity contribution < 1.29 is 28.2 Å². The Morgan fingerprint density at radius 1 is 1.15 bits per heavy atom. The van der Waals surface area contributed by atoms with Crippen molar-refractivity contribution in [2.45, 2.75) is 39.2 Å². The number of aromatic nitrogens is 2. The van der Waals surface area contributed by atoms with Gasteiger partial charge < -0.3 is 19.9 Å². The van der Waals surface area contributed by atoms with E-state index in [1.807, 2.05) is 19.1 Å². The van der Waals surface area contributed by atoms with Gasteiger partial charge in [0.1, 0.15) is 28.3 Å². The SMILES string of the molecule is CCOc1c(C)cc([C@@](O)(CNC(=O)c2cc(OC)c3nc(C)ccc3c2)C2CC2)nc1-c1ccc(F)c(F)c1Cl. The number of ether oxygens (including phenoxy) is 2. The minimum Gasteiger partial charge on any atom is -0.494 e. The van der Waals surface area contributed by atoms with Gasteiger partial charge in [-0.3, -0.25) is 4.79 Å². The third-order valence-corrected chi connectivity index (χ3v) is 7.70. The second-order valence-corrected chi connectivity index (χ2v) is 10.6. The number of pyridine rings is 2. The maximum atomic E-state index is 14.4. The third-order valence-electron chi connectivity index (χ3n) is 7.33. The van der Waals surface area contributed by atoms with Crippen LogP contribution in [0.5, 0.6) is 11.5 Å². The van der Waals surface area contributed by atoms with Gasteiger partial charge in [0.15, 0.2) is 11.6 Å². The summed E-state index contributed by atoms with van der Waals surface area (Å²) in [5, 5.41) is 15.2. The molecular formula is C31H30ClF2N3O4. The average molecular weight is 582 g/mol. The number of hydrogen-bond acceptors (Lipinski definition) is 6. The Balaban J connectivity index is 1.51. The Labute approximate surface area is 241 Å². The molecule has 0 spiro atoms. The minimum atomic E-state index is -1.54. The quantitative estimate of drug-likeness (QED) is 0.226. The first-order chi connectivity index (χ1) is 19.6. The molecule has 10 heteroatoms. The monoisotopic (exact) mass is 581 g/mol. The molecule has 1 aliphatic carbocycles. The number of aliphatic hydroxyl groups is 1. The summed E-state index contributed by atoms with van der Waals surface area (Å²) in [4.78, 5) is 22.5. The number of aryl methyl sites for hydroxylation is 2. The van der Waals surface area contributed by atoms with E-state index in [4.69, 9.17) is 21.1 Å². The van der Waals surface area contributed by atoms with Gasteiger partial charge in [-0.15, -0.1) is 0 Å². The molecule has 0 aliphatic heterocycles. The molecule has 4 aromatic rings. The van der Waals surface area contributed by atoms with Gasteiger partial charge in [0.2, 0.25) is 0 Å². The normalized spacial score (nSPS) is 14.5. The molecule has 1 amide bonds. The number of rotatable bonds is 9. The number of carbonyl (C=O) groups is 1. The highest BCUT2D eigenvalue weighted by molar-refractivity contribution is 6.33. The molecule has 2 N–H and O–H groups in total. The van der Waals surface area contributed by atoms with Crippen molar-refractivity contribution in [3.05, 3.63) is 81.6 Å². The van der Waals surface area contributed by atoms with Crippen LogP contribution in [0.3, 0.4) is 0 Å². The van der Waals surface area contributed by atoms with Crippen molar-refractivity contribution >= 4 is 28.4 Å². The number of nitrogens with one attached hydrogen (secondary N) is 1. The van der Waals surface area contributed by atoms with Gasteiger partial charge in [-0.1, -0.05) is 17.7 Å². The maximum absolute atomic E-state index is 14.4. The lowest BCUT2D eigenvalue weighted by Crippen LogP contribution is -2.43. The first-order valence-electron chi connectivity index (χ1n) is 13.3. The Morgan fingerprint density at radius 2 is 1.90 bits per heavy atom. The molecule has 1 atom stereocenters. The van der Waals surface area contributed by atoms with Gasteiger partial charge in [0, 0.05) is 22.2 Å². The maximum Gasteiger partial charge on any atom is 0.251 e. The fourth-order valence-electron chi connectivity index (χ4n) is 5.01. The summed E-state index contributed by atoms with van der Waals surface area (Å²) in [6.45, 7) is 5.61. The number of hydrogen-bond donors (Lipinski definition) is 2. The number of fused-ring (bicyclic) bond motifs is 1. The van der Waals surface area contributed by atoms with Crippen molar-refractivity contribution in [3.63, 3.8) is 0 Å². The molecule has 1 fully saturated rings. The van der Waals surface area contributed by atoms with Crippen LogP contribution < -0.4 is 14.8 Å². The molecule has 1 saturated carbocycles. The lowest BCUT2D eigenvalue weighted by atomic mass is 9.90. The fourth-order valence-corrected chi connectivity index (χ4v) is 5.25. The summed E-state index contributed by atoms with van der Waals surface area (Å²) in [5.41, 5.74) is 1.49. The average Bonchev–Trinajstić information content (AvgIpc) is 3.81. The lowest BCUT2D eigenvalue weighted by molar-refractivity contribution is 0.00946. The van der Waals surface area contributed by atoms with Crippen LogP contribution in [0.15, 0.2) is 42.5 Å². The minimum absolute atomic E-state index is 0.131. The molecule has 0 bridgehead atoms. The van der Waals surface area contributed by atoms with E-state index < -0.39 is 28.2 Å². The molecule has 41 heavy (non-hydrogen) atoms. The Kier molecular flexibility index (Phi) is 7.85. The number of methoxy groups -OCH3 is 1. The molecule has 7 nitrogen and oxygen atoms in total. The van der Waals surface area contributed by atoms with E-state index >= 15 is 0 Å². The zero-order chi connectivity index (χ0) is 29.5. The van der Waals surface area contributed by atoms with E-state index in [0.717, 1.165) is 30.0 Å². The zero-order valence-corrected chi connectivity index (χ0v) is 23.9. The summed E-state index contributed by atoms with van der Waals surface area (Å²) >= 11 is 6.20. The number of amides is 1. The lowest BCUT2D eigenvalue weighted by Gasteiger charge is -2.29. The van der Waals surface area contributed by atoms with Crippen LogP contribution in [0, 0.1) is 31.4 Å². The molecule has 2 heterocycles. The number of nitrogens with zero attached hydrogens (tertiary/aromatic N) is 2. The zero-order valence-electron chi connectivity index (χ0n) is 23.1. The van der Waals surface area contributed by atoms with E-state index in [2.05, 4.69) is 15.3 Å². The second-order valence-electron chi connectivity index (χ2n) is 10.2. The van der Waals surface area contributed by atoms with Gasteiger partial charge in [0.25, 0.3) is 5.91 Å². The fraction of sp³-hybridized carbons (Fsp3) is 0.323. The molecule has 2 aromatic carbocycles. The van der Waals surface area contributed by atoms with Crippen molar-refractivity contribution in [1.29, 1.82) is 0 Å². The number of halogens is 3. The molecule has 0 radical (unpaired) electrons. The standard InChI is InChI=1S/C31H30ClF2N3O4/c1-5-41-29-16(2)12-24(37-28(29)21-10-11-22(33)26(34)25(21)32)31(39,20-8-9-20)15-35-30(38)19-13-18-7-6-17(3)36-27(18)23(14-19)40-4/h6-7,10-14,20,39H,5,8-9,15H2,1-4H3,(H,35,38)/t31-/m1/s1. The van der Waals surface area contributed by atoms with Crippen LogP contribution in [0.25, 0.3) is 22.2 Å². The van der Waals surface area contributed by atoms with Gasteiger partial charge in [-0.05, 0) is 81.5 Å². The van der Waals surface area contributed by atoms with Crippen LogP contribution in [0.1, 0.15) is 47.1 Å².